The van der Waals surface area contributed by atoms with E-state index in [9.17, 15) is 9.59 Å². The second-order valence-corrected chi connectivity index (χ2v) is 8.31. The molecule has 3 heterocycles. The number of hydrogen-bond donors (Lipinski definition) is 1. The molecule has 0 saturated heterocycles. The highest BCUT2D eigenvalue weighted by Crippen LogP contribution is 2.34. The Morgan fingerprint density at radius 2 is 1.88 bits per heavy atom. The van der Waals surface area contributed by atoms with Crippen molar-refractivity contribution in [1.29, 1.82) is 0 Å². The van der Waals surface area contributed by atoms with E-state index in [0.29, 0.717) is 52.5 Å². The van der Waals surface area contributed by atoms with Gasteiger partial charge in [0.1, 0.15) is 11.6 Å². The smallest absolute Gasteiger partial charge is 0.266 e. The van der Waals surface area contributed by atoms with Crippen LogP contribution in [0.15, 0.2) is 65.5 Å². The quantitative estimate of drug-likeness (QED) is 0.506. The number of hydrogen-bond acceptors (Lipinski definition) is 6. The molecule has 0 spiro atoms. The number of amides is 1. The van der Waals surface area contributed by atoms with Gasteiger partial charge in [-0.05, 0) is 61.7 Å². The van der Waals surface area contributed by atoms with Gasteiger partial charge >= 0.3 is 0 Å². The van der Waals surface area contributed by atoms with Gasteiger partial charge in [0.05, 0.1) is 16.6 Å². The third-order valence-electron chi connectivity index (χ3n) is 6.14. The van der Waals surface area contributed by atoms with Crippen LogP contribution in [-0.2, 0) is 11.2 Å². The number of aromatic nitrogens is 2. The Hall–Kier alpha value is -4.33. The van der Waals surface area contributed by atoms with Gasteiger partial charge in [0.15, 0.2) is 17.6 Å². The van der Waals surface area contributed by atoms with Crippen molar-refractivity contribution >= 4 is 22.5 Å². The Bertz CT molecular complexity index is 1510. The van der Waals surface area contributed by atoms with E-state index in [-0.39, 0.29) is 18.3 Å². The second-order valence-electron chi connectivity index (χ2n) is 8.31. The maximum atomic E-state index is 13.5. The van der Waals surface area contributed by atoms with Gasteiger partial charge in [-0.1, -0.05) is 18.2 Å². The minimum absolute atomic E-state index is 0.156. The van der Waals surface area contributed by atoms with Gasteiger partial charge < -0.3 is 19.5 Å². The molecule has 2 aliphatic rings. The van der Waals surface area contributed by atoms with Crippen LogP contribution in [0.25, 0.3) is 16.6 Å². The normalized spacial score (nSPS) is 16.6. The second kappa shape index (κ2) is 7.91. The Morgan fingerprint density at radius 1 is 1.03 bits per heavy atom. The minimum Gasteiger partial charge on any atom is -0.481 e. The van der Waals surface area contributed by atoms with E-state index < -0.39 is 6.10 Å². The molecule has 0 radical (unpaired) electrons. The molecule has 3 aromatic carbocycles. The average molecular weight is 455 g/mol. The van der Waals surface area contributed by atoms with E-state index in [1.165, 1.54) is 4.57 Å². The van der Waals surface area contributed by atoms with Gasteiger partial charge in [0.2, 0.25) is 6.79 Å². The maximum absolute atomic E-state index is 13.5. The highest BCUT2D eigenvalue weighted by Gasteiger charge is 2.25. The molecule has 1 amide bonds. The number of aryl methyl sites for hydroxylation is 2. The molecule has 2 aliphatic heterocycles. The molecule has 1 N–H and O–H groups in total. The van der Waals surface area contributed by atoms with Gasteiger partial charge in [-0.15, -0.1) is 0 Å². The lowest BCUT2D eigenvalue weighted by molar-refractivity contribution is -0.122. The van der Waals surface area contributed by atoms with Crippen molar-refractivity contribution in [2.24, 2.45) is 0 Å². The predicted molar refractivity (Wildman–Crippen MR) is 126 cm³/mol. The molecule has 4 aromatic rings. The fourth-order valence-corrected chi connectivity index (χ4v) is 4.45. The number of nitrogens with one attached hydrogen (secondary N) is 1. The topological polar surface area (TPSA) is 91.7 Å². The van der Waals surface area contributed by atoms with Crippen molar-refractivity contribution in [3.63, 3.8) is 0 Å². The zero-order chi connectivity index (χ0) is 23.2. The maximum Gasteiger partial charge on any atom is 0.266 e. The molecule has 0 bridgehead atoms. The lowest BCUT2D eigenvalue weighted by atomic mass is 10.1. The van der Waals surface area contributed by atoms with Gasteiger partial charge in [-0.2, -0.15) is 0 Å². The van der Waals surface area contributed by atoms with Crippen LogP contribution < -0.4 is 25.1 Å². The van der Waals surface area contributed by atoms with E-state index in [4.69, 9.17) is 14.2 Å². The number of carbonyl (C=O) groups excluding carboxylic acids is 1. The van der Waals surface area contributed by atoms with Crippen molar-refractivity contribution in [3.05, 3.63) is 82.4 Å². The summed E-state index contributed by atoms with van der Waals surface area (Å²) >= 11 is 0. The molecular weight excluding hydrogens is 434 g/mol. The number of ether oxygens (including phenoxy) is 3. The first kappa shape index (κ1) is 20.3. The number of para-hydroxylation sites is 1. The highest BCUT2D eigenvalue weighted by atomic mass is 16.7. The van der Waals surface area contributed by atoms with Crippen molar-refractivity contribution < 1.29 is 19.0 Å². The highest BCUT2D eigenvalue weighted by molar-refractivity contribution is 5.96. The standard InChI is InChI=1S/C26H21N3O5/c1-15-27-21-9-8-18(34-23-10-6-16-4-2-3-5-20(16)28-25(23)30)13-19(21)26(31)29(15)17-7-11-22-24(12-17)33-14-32-22/h2-5,7-9,11-13,23H,6,10,14H2,1H3,(H,28,30)/t23-/m0/s1. The lowest BCUT2D eigenvalue weighted by Crippen LogP contribution is -2.31. The fourth-order valence-electron chi connectivity index (χ4n) is 4.45. The first-order chi connectivity index (χ1) is 16.6. The van der Waals surface area contributed by atoms with E-state index in [1.54, 1.807) is 43.3 Å². The number of nitrogens with zero attached hydrogens (tertiary/aromatic N) is 2. The van der Waals surface area contributed by atoms with Crippen LogP contribution in [0.1, 0.15) is 17.8 Å². The summed E-state index contributed by atoms with van der Waals surface area (Å²) in [5.74, 6) is 2.01. The van der Waals surface area contributed by atoms with Crippen LogP contribution in [0.2, 0.25) is 0 Å². The number of fused-ring (bicyclic) bond motifs is 3. The SMILES string of the molecule is Cc1nc2ccc(O[C@H]3CCc4ccccc4NC3=O)cc2c(=O)n1-c1ccc2c(c1)OCO2. The summed E-state index contributed by atoms with van der Waals surface area (Å²) in [6.45, 7) is 1.94. The van der Waals surface area contributed by atoms with Crippen LogP contribution in [0.4, 0.5) is 5.69 Å². The summed E-state index contributed by atoms with van der Waals surface area (Å²) in [4.78, 5) is 30.8. The van der Waals surface area contributed by atoms with E-state index in [0.717, 1.165) is 11.3 Å². The lowest BCUT2D eigenvalue weighted by Gasteiger charge is -2.17. The van der Waals surface area contributed by atoms with E-state index >= 15 is 0 Å². The zero-order valence-corrected chi connectivity index (χ0v) is 18.4. The summed E-state index contributed by atoms with van der Waals surface area (Å²) < 4.78 is 18.4. The third-order valence-corrected chi connectivity index (χ3v) is 6.14. The molecule has 170 valence electrons. The van der Waals surface area contributed by atoms with Crippen LogP contribution in [0.3, 0.4) is 0 Å². The van der Waals surface area contributed by atoms with Crippen molar-refractivity contribution in [3.8, 4) is 22.9 Å². The Morgan fingerprint density at radius 3 is 2.79 bits per heavy atom. The molecule has 0 aliphatic carbocycles. The van der Waals surface area contributed by atoms with Crippen LogP contribution >= 0.6 is 0 Å². The van der Waals surface area contributed by atoms with Gasteiger partial charge in [0.25, 0.3) is 11.5 Å². The first-order valence-corrected chi connectivity index (χ1v) is 11.1. The predicted octanol–water partition coefficient (Wildman–Crippen LogP) is 3.76. The van der Waals surface area contributed by atoms with E-state index in [1.807, 2.05) is 24.3 Å². The molecule has 0 saturated carbocycles. The Balaban J connectivity index is 1.34. The molecule has 1 atom stereocenters. The summed E-state index contributed by atoms with van der Waals surface area (Å²) in [5.41, 5.74) is 2.85. The molecule has 0 unspecified atom stereocenters. The van der Waals surface area contributed by atoms with Crippen molar-refractivity contribution in [2.75, 3.05) is 12.1 Å². The summed E-state index contributed by atoms with van der Waals surface area (Å²) in [6.07, 6.45) is 0.582. The van der Waals surface area contributed by atoms with Gasteiger partial charge in [-0.25, -0.2) is 4.98 Å². The Labute approximate surface area is 194 Å². The third kappa shape index (κ3) is 3.44. The van der Waals surface area contributed by atoms with Crippen molar-refractivity contribution in [1.82, 2.24) is 9.55 Å². The molecule has 34 heavy (non-hydrogen) atoms. The van der Waals surface area contributed by atoms with Gasteiger partial charge in [0, 0.05) is 11.8 Å². The molecule has 0 fully saturated rings. The number of benzene rings is 3. The fraction of sp³-hybridized carbons (Fsp3) is 0.192. The first-order valence-electron chi connectivity index (χ1n) is 11.1. The minimum atomic E-state index is -0.667. The average Bonchev–Trinajstić information content (AvgIpc) is 3.24. The van der Waals surface area contributed by atoms with Crippen LogP contribution in [-0.4, -0.2) is 28.4 Å². The van der Waals surface area contributed by atoms with Gasteiger partial charge in [-0.3, -0.25) is 14.2 Å². The number of rotatable bonds is 3. The number of anilines is 1. The molecule has 8 heteroatoms. The summed E-state index contributed by atoms with van der Waals surface area (Å²) in [5, 5.41) is 3.34. The molecule has 6 rings (SSSR count). The summed E-state index contributed by atoms with van der Waals surface area (Å²) in [7, 11) is 0. The summed E-state index contributed by atoms with van der Waals surface area (Å²) in [6, 6.07) is 18.2. The molecule has 8 nitrogen and oxygen atoms in total. The molecule has 1 aromatic heterocycles. The Kier molecular flexibility index (Phi) is 4.72. The van der Waals surface area contributed by atoms with Crippen LogP contribution in [0.5, 0.6) is 17.2 Å². The number of carbonyl (C=O) groups is 1. The molecular formula is C26H21N3O5. The van der Waals surface area contributed by atoms with Crippen LogP contribution in [0, 0.1) is 6.92 Å². The van der Waals surface area contributed by atoms with E-state index in [2.05, 4.69) is 10.3 Å². The zero-order valence-electron chi connectivity index (χ0n) is 18.4. The largest absolute Gasteiger partial charge is 0.481 e. The monoisotopic (exact) mass is 455 g/mol. The van der Waals surface area contributed by atoms with Crippen molar-refractivity contribution in [2.45, 2.75) is 25.9 Å².